The Morgan fingerprint density at radius 1 is 1.00 bits per heavy atom. The third kappa shape index (κ3) is 4.64. The lowest BCUT2D eigenvalue weighted by Crippen LogP contribution is -2.38. The number of piperidine rings is 1. The van der Waals surface area contributed by atoms with Gasteiger partial charge in [0.15, 0.2) is 5.82 Å². The average Bonchev–Trinajstić information content (AvgIpc) is 2.80. The van der Waals surface area contributed by atoms with E-state index in [0.717, 1.165) is 49.4 Å². The molecule has 2 heterocycles. The van der Waals surface area contributed by atoms with Crippen molar-refractivity contribution in [2.45, 2.75) is 26.2 Å². The van der Waals surface area contributed by atoms with Crippen LogP contribution < -0.4 is 10.2 Å². The van der Waals surface area contributed by atoms with Crippen molar-refractivity contribution in [2.75, 3.05) is 23.3 Å². The molecule has 0 radical (unpaired) electrons. The van der Waals surface area contributed by atoms with Gasteiger partial charge in [0, 0.05) is 30.3 Å². The van der Waals surface area contributed by atoms with Crippen molar-refractivity contribution in [2.24, 2.45) is 5.92 Å². The van der Waals surface area contributed by atoms with Crippen molar-refractivity contribution >= 4 is 17.4 Å². The number of nitrogens with zero attached hydrogens (tertiary/aromatic N) is 3. The van der Waals surface area contributed by atoms with E-state index in [-0.39, 0.29) is 17.6 Å². The molecule has 0 saturated carbocycles. The van der Waals surface area contributed by atoms with Crippen LogP contribution in [0.4, 0.5) is 15.9 Å². The summed E-state index contributed by atoms with van der Waals surface area (Å²) in [5.41, 5.74) is 3.65. The smallest absolute Gasteiger partial charge is 0.227 e. The first-order chi connectivity index (χ1) is 14.6. The van der Waals surface area contributed by atoms with Gasteiger partial charge >= 0.3 is 0 Å². The van der Waals surface area contributed by atoms with E-state index in [1.54, 1.807) is 12.1 Å². The number of carbonyl (C=O) groups is 1. The molecule has 5 nitrogen and oxygen atoms in total. The molecule has 6 heteroatoms. The van der Waals surface area contributed by atoms with Gasteiger partial charge in [-0.25, -0.2) is 4.39 Å². The number of hydrogen-bond donors (Lipinski definition) is 1. The Morgan fingerprint density at radius 3 is 2.30 bits per heavy atom. The number of hydrogen-bond acceptors (Lipinski definition) is 4. The van der Waals surface area contributed by atoms with E-state index >= 15 is 0 Å². The third-order valence-corrected chi connectivity index (χ3v) is 5.61. The molecule has 1 saturated heterocycles. The summed E-state index contributed by atoms with van der Waals surface area (Å²) in [7, 11) is 0. The molecule has 0 unspecified atom stereocenters. The van der Waals surface area contributed by atoms with E-state index < -0.39 is 0 Å². The Hall–Kier alpha value is -3.28. The highest BCUT2D eigenvalue weighted by Crippen LogP contribution is 2.24. The fourth-order valence-electron chi connectivity index (χ4n) is 3.71. The summed E-state index contributed by atoms with van der Waals surface area (Å²) in [5.74, 6) is 0.610. The molecule has 4 rings (SSSR count). The Kier molecular flexibility index (Phi) is 6.02. The van der Waals surface area contributed by atoms with Crippen molar-refractivity contribution in [1.29, 1.82) is 0 Å². The Bertz CT molecular complexity index is 979. The summed E-state index contributed by atoms with van der Waals surface area (Å²) in [6, 6.07) is 18.1. The molecule has 154 valence electrons. The molecule has 1 aliphatic rings. The van der Waals surface area contributed by atoms with Gasteiger partial charge in [0.1, 0.15) is 5.82 Å². The van der Waals surface area contributed by atoms with Gasteiger partial charge in [0.25, 0.3) is 0 Å². The van der Waals surface area contributed by atoms with Crippen LogP contribution in [-0.4, -0.2) is 29.2 Å². The van der Waals surface area contributed by atoms with Crippen LogP contribution in [0, 0.1) is 11.7 Å². The van der Waals surface area contributed by atoms with Gasteiger partial charge in [-0.3, -0.25) is 4.79 Å². The van der Waals surface area contributed by atoms with Crippen molar-refractivity contribution < 1.29 is 9.18 Å². The Balaban J connectivity index is 1.32. The van der Waals surface area contributed by atoms with Crippen molar-refractivity contribution in [3.63, 3.8) is 0 Å². The number of anilines is 2. The van der Waals surface area contributed by atoms with Gasteiger partial charge in [-0.05, 0) is 73.4 Å². The zero-order valence-electron chi connectivity index (χ0n) is 17.0. The van der Waals surface area contributed by atoms with Gasteiger partial charge in [-0.1, -0.05) is 19.1 Å². The summed E-state index contributed by atoms with van der Waals surface area (Å²) in [5, 5.41) is 11.7. The molecule has 0 spiro atoms. The monoisotopic (exact) mass is 404 g/mol. The van der Waals surface area contributed by atoms with Gasteiger partial charge in [0.05, 0.1) is 5.69 Å². The first-order valence-corrected chi connectivity index (χ1v) is 10.4. The summed E-state index contributed by atoms with van der Waals surface area (Å²) < 4.78 is 13.1. The number of nitrogens with one attached hydrogen (secondary N) is 1. The van der Waals surface area contributed by atoms with Crippen molar-refractivity contribution in [3.8, 4) is 11.3 Å². The summed E-state index contributed by atoms with van der Waals surface area (Å²) in [6.07, 6.45) is 2.54. The zero-order chi connectivity index (χ0) is 20.9. The van der Waals surface area contributed by atoms with Crippen LogP contribution in [0.2, 0.25) is 0 Å². The average molecular weight is 404 g/mol. The van der Waals surface area contributed by atoms with Gasteiger partial charge in [-0.15, -0.1) is 10.2 Å². The molecule has 2 aromatic carbocycles. The number of rotatable bonds is 5. The normalized spacial score (nSPS) is 14.5. The highest BCUT2D eigenvalue weighted by Gasteiger charge is 2.26. The number of carbonyl (C=O) groups excluding carboxylic acids is 1. The molecular formula is C24H25FN4O. The lowest BCUT2D eigenvalue weighted by Gasteiger charge is -2.31. The molecule has 0 atom stereocenters. The van der Waals surface area contributed by atoms with E-state index in [1.807, 2.05) is 36.4 Å². The quantitative estimate of drug-likeness (QED) is 0.670. The lowest BCUT2D eigenvalue weighted by atomic mass is 9.95. The first-order valence-electron chi connectivity index (χ1n) is 10.4. The molecule has 1 aliphatic heterocycles. The maximum absolute atomic E-state index is 13.1. The highest BCUT2D eigenvalue weighted by molar-refractivity contribution is 5.92. The maximum Gasteiger partial charge on any atom is 0.227 e. The molecule has 1 aromatic heterocycles. The SMILES string of the molecule is CCc1ccc(NC(=O)C2CCN(c3ccc(-c4ccc(F)cc4)nn3)CC2)cc1. The molecular weight excluding hydrogens is 379 g/mol. The topological polar surface area (TPSA) is 58.1 Å². The van der Waals surface area contributed by atoms with Crippen LogP contribution in [0.5, 0.6) is 0 Å². The lowest BCUT2D eigenvalue weighted by molar-refractivity contribution is -0.120. The second kappa shape index (κ2) is 9.03. The van der Waals surface area contributed by atoms with Crippen LogP contribution in [0.3, 0.4) is 0 Å². The zero-order valence-corrected chi connectivity index (χ0v) is 17.0. The van der Waals surface area contributed by atoms with Gasteiger partial charge in [0.2, 0.25) is 5.91 Å². The molecule has 0 aliphatic carbocycles. The number of aromatic nitrogens is 2. The van der Waals surface area contributed by atoms with E-state index in [2.05, 4.69) is 27.3 Å². The standard InChI is InChI=1S/C24H25FN4O/c1-2-17-3-9-21(10-4-17)26-24(30)19-13-15-29(16-14-19)23-12-11-22(27-28-23)18-5-7-20(25)8-6-18/h3-12,19H,2,13-16H2,1H3,(H,26,30). The minimum atomic E-state index is -0.270. The molecule has 30 heavy (non-hydrogen) atoms. The second-order valence-corrected chi connectivity index (χ2v) is 7.58. The van der Waals surface area contributed by atoms with Gasteiger partial charge in [-0.2, -0.15) is 0 Å². The van der Waals surface area contributed by atoms with E-state index in [0.29, 0.717) is 5.69 Å². The summed E-state index contributed by atoms with van der Waals surface area (Å²) in [6.45, 7) is 3.64. The van der Waals surface area contributed by atoms with E-state index in [4.69, 9.17) is 0 Å². The molecule has 1 amide bonds. The number of aryl methyl sites for hydroxylation is 1. The van der Waals surface area contributed by atoms with E-state index in [1.165, 1.54) is 17.7 Å². The highest BCUT2D eigenvalue weighted by atomic mass is 19.1. The fraction of sp³-hybridized carbons (Fsp3) is 0.292. The number of benzene rings is 2. The Labute approximate surface area is 176 Å². The summed E-state index contributed by atoms with van der Waals surface area (Å²) in [4.78, 5) is 14.8. The van der Waals surface area contributed by atoms with Crippen LogP contribution in [-0.2, 0) is 11.2 Å². The minimum absolute atomic E-state index is 0.00134. The van der Waals surface area contributed by atoms with Crippen molar-refractivity contribution in [1.82, 2.24) is 10.2 Å². The number of halogens is 1. The molecule has 1 fully saturated rings. The number of amides is 1. The van der Waals surface area contributed by atoms with Crippen LogP contribution in [0.25, 0.3) is 11.3 Å². The molecule has 1 N–H and O–H groups in total. The van der Waals surface area contributed by atoms with E-state index in [9.17, 15) is 9.18 Å². The maximum atomic E-state index is 13.1. The van der Waals surface area contributed by atoms with Crippen LogP contribution in [0.15, 0.2) is 60.7 Å². The Morgan fingerprint density at radius 2 is 1.70 bits per heavy atom. The molecule has 3 aromatic rings. The third-order valence-electron chi connectivity index (χ3n) is 5.61. The predicted molar refractivity (Wildman–Crippen MR) is 117 cm³/mol. The predicted octanol–water partition coefficient (Wildman–Crippen LogP) is 4.70. The minimum Gasteiger partial charge on any atom is -0.355 e. The fourth-order valence-corrected chi connectivity index (χ4v) is 3.71. The summed E-state index contributed by atoms with van der Waals surface area (Å²) >= 11 is 0. The van der Waals surface area contributed by atoms with Crippen molar-refractivity contribution in [3.05, 3.63) is 72.0 Å². The van der Waals surface area contributed by atoms with Crippen LogP contribution in [0.1, 0.15) is 25.3 Å². The van der Waals surface area contributed by atoms with Gasteiger partial charge < -0.3 is 10.2 Å². The largest absolute Gasteiger partial charge is 0.355 e. The van der Waals surface area contributed by atoms with Crippen LogP contribution >= 0.6 is 0 Å². The first kappa shape index (κ1) is 20.0. The molecule has 0 bridgehead atoms. The second-order valence-electron chi connectivity index (χ2n) is 7.58.